The highest BCUT2D eigenvalue weighted by Gasteiger charge is 2.16. The van der Waals surface area contributed by atoms with Gasteiger partial charge in [-0.1, -0.05) is 6.07 Å². The van der Waals surface area contributed by atoms with Crippen molar-refractivity contribution in [3.63, 3.8) is 0 Å². The van der Waals surface area contributed by atoms with Crippen LogP contribution in [0.2, 0.25) is 0 Å². The molecule has 0 aliphatic rings. The van der Waals surface area contributed by atoms with E-state index in [1.165, 1.54) is 5.56 Å². The summed E-state index contributed by atoms with van der Waals surface area (Å²) >= 11 is 0. The van der Waals surface area contributed by atoms with Crippen LogP contribution < -0.4 is 11.1 Å². The fourth-order valence-electron chi connectivity index (χ4n) is 2.16. The number of nitrogen functional groups attached to an aromatic ring is 1. The fourth-order valence-corrected chi connectivity index (χ4v) is 2.16. The summed E-state index contributed by atoms with van der Waals surface area (Å²) < 4.78 is 0. The molecule has 0 saturated carbocycles. The highest BCUT2D eigenvalue weighted by Crippen LogP contribution is 2.24. The molecule has 2 heterocycles. The van der Waals surface area contributed by atoms with Crippen LogP contribution in [0, 0.1) is 13.8 Å². The smallest absolute Gasteiger partial charge is 0.128 e. The van der Waals surface area contributed by atoms with Crippen LogP contribution in [0.25, 0.3) is 0 Å². The second-order valence-corrected chi connectivity index (χ2v) is 4.41. The Balaban J connectivity index is 2.48. The van der Waals surface area contributed by atoms with E-state index in [1.807, 2.05) is 26.1 Å². The SMILES string of the molecule is CNC(c1cc(C)cc(C)n1)c1cccnc1N. The van der Waals surface area contributed by atoms with E-state index in [9.17, 15) is 0 Å². The van der Waals surface area contributed by atoms with Crippen LogP contribution in [-0.4, -0.2) is 17.0 Å². The van der Waals surface area contributed by atoms with Crippen molar-refractivity contribution in [3.05, 3.63) is 53.0 Å². The molecule has 0 aliphatic carbocycles. The summed E-state index contributed by atoms with van der Waals surface area (Å²) in [4.78, 5) is 8.71. The van der Waals surface area contributed by atoms with E-state index in [-0.39, 0.29) is 6.04 Å². The largest absolute Gasteiger partial charge is 0.383 e. The summed E-state index contributed by atoms with van der Waals surface area (Å²) in [5.74, 6) is 0.540. The molecule has 0 saturated heterocycles. The molecule has 4 nitrogen and oxygen atoms in total. The Morgan fingerprint density at radius 3 is 2.67 bits per heavy atom. The van der Waals surface area contributed by atoms with Gasteiger partial charge in [0.1, 0.15) is 5.82 Å². The van der Waals surface area contributed by atoms with Crippen molar-refractivity contribution in [2.45, 2.75) is 19.9 Å². The molecule has 18 heavy (non-hydrogen) atoms. The minimum atomic E-state index is -0.0303. The summed E-state index contributed by atoms with van der Waals surface area (Å²) in [6.07, 6.45) is 1.69. The first kappa shape index (κ1) is 12.5. The van der Waals surface area contributed by atoms with E-state index in [0.717, 1.165) is 17.0 Å². The van der Waals surface area contributed by atoms with Gasteiger partial charge in [0, 0.05) is 17.5 Å². The molecule has 1 unspecified atom stereocenters. The van der Waals surface area contributed by atoms with Crippen LogP contribution in [-0.2, 0) is 0 Å². The van der Waals surface area contributed by atoms with Crippen LogP contribution in [0.1, 0.15) is 28.6 Å². The second-order valence-electron chi connectivity index (χ2n) is 4.41. The molecular weight excluding hydrogens is 224 g/mol. The Kier molecular flexibility index (Phi) is 3.58. The molecule has 0 bridgehead atoms. The zero-order chi connectivity index (χ0) is 13.1. The van der Waals surface area contributed by atoms with Gasteiger partial charge in [0.25, 0.3) is 0 Å². The number of aromatic nitrogens is 2. The highest BCUT2D eigenvalue weighted by molar-refractivity contribution is 5.44. The van der Waals surface area contributed by atoms with E-state index < -0.39 is 0 Å². The molecule has 0 aromatic carbocycles. The molecule has 0 radical (unpaired) electrons. The Hall–Kier alpha value is -1.94. The number of hydrogen-bond acceptors (Lipinski definition) is 4. The Bertz CT molecular complexity index is 531. The number of nitrogens with zero attached hydrogens (tertiary/aromatic N) is 2. The Morgan fingerprint density at radius 2 is 2.06 bits per heavy atom. The average Bonchev–Trinajstić information content (AvgIpc) is 2.31. The maximum Gasteiger partial charge on any atom is 0.128 e. The van der Waals surface area contributed by atoms with Gasteiger partial charge in [-0.05, 0) is 44.7 Å². The van der Waals surface area contributed by atoms with Gasteiger partial charge >= 0.3 is 0 Å². The van der Waals surface area contributed by atoms with Gasteiger partial charge in [-0.2, -0.15) is 0 Å². The van der Waals surface area contributed by atoms with Crippen LogP contribution in [0.3, 0.4) is 0 Å². The van der Waals surface area contributed by atoms with E-state index in [4.69, 9.17) is 5.73 Å². The Labute approximate surface area is 107 Å². The van der Waals surface area contributed by atoms with Crippen LogP contribution in [0.15, 0.2) is 30.5 Å². The number of anilines is 1. The van der Waals surface area contributed by atoms with Crippen LogP contribution in [0.4, 0.5) is 5.82 Å². The molecule has 2 aromatic heterocycles. The third-order valence-corrected chi connectivity index (χ3v) is 2.88. The number of pyridine rings is 2. The van der Waals surface area contributed by atoms with E-state index in [2.05, 4.69) is 34.3 Å². The third-order valence-electron chi connectivity index (χ3n) is 2.88. The summed E-state index contributed by atoms with van der Waals surface area (Å²) in [7, 11) is 1.90. The first-order valence-electron chi connectivity index (χ1n) is 5.94. The topological polar surface area (TPSA) is 63.8 Å². The van der Waals surface area contributed by atoms with E-state index in [0.29, 0.717) is 5.82 Å². The lowest BCUT2D eigenvalue weighted by atomic mass is 10.0. The van der Waals surface area contributed by atoms with Crippen molar-refractivity contribution in [2.24, 2.45) is 0 Å². The molecule has 94 valence electrons. The fraction of sp³-hybridized carbons (Fsp3) is 0.286. The summed E-state index contributed by atoms with van der Waals surface area (Å²) in [6, 6.07) is 7.96. The van der Waals surface area contributed by atoms with E-state index in [1.54, 1.807) is 6.20 Å². The van der Waals surface area contributed by atoms with Crippen molar-refractivity contribution in [2.75, 3.05) is 12.8 Å². The standard InChI is InChI=1S/C14H18N4/c1-9-7-10(2)18-12(8-9)13(16-3)11-5-4-6-17-14(11)15/h4-8,13,16H,1-3H3,(H2,15,17). The molecule has 1 atom stereocenters. The van der Waals surface area contributed by atoms with E-state index >= 15 is 0 Å². The predicted molar refractivity (Wildman–Crippen MR) is 73.3 cm³/mol. The van der Waals surface area contributed by atoms with Crippen molar-refractivity contribution in [3.8, 4) is 0 Å². The first-order chi connectivity index (χ1) is 8.61. The molecule has 4 heteroatoms. The van der Waals surface area contributed by atoms with Gasteiger partial charge in [0.05, 0.1) is 11.7 Å². The van der Waals surface area contributed by atoms with Crippen molar-refractivity contribution in [1.82, 2.24) is 15.3 Å². The normalized spacial score (nSPS) is 12.4. The van der Waals surface area contributed by atoms with Crippen LogP contribution in [0.5, 0.6) is 0 Å². The average molecular weight is 242 g/mol. The van der Waals surface area contributed by atoms with Gasteiger partial charge in [-0.3, -0.25) is 4.98 Å². The lowest BCUT2D eigenvalue weighted by molar-refractivity contribution is 0.667. The maximum atomic E-state index is 5.93. The molecule has 2 rings (SSSR count). The quantitative estimate of drug-likeness (QED) is 0.864. The van der Waals surface area contributed by atoms with Gasteiger partial charge in [-0.25, -0.2) is 4.98 Å². The minimum absolute atomic E-state index is 0.0303. The summed E-state index contributed by atoms with van der Waals surface area (Å²) in [6.45, 7) is 4.06. The van der Waals surface area contributed by atoms with Crippen LogP contribution >= 0.6 is 0 Å². The monoisotopic (exact) mass is 242 g/mol. The zero-order valence-electron chi connectivity index (χ0n) is 10.9. The Morgan fingerprint density at radius 1 is 1.28 bits per heavy atom. The molecular formula is C14H18N4. The highest BCUT2D eigenvalue weighted by atomic mass is 14.9. The first-order valence-corrected chi connectivity index (χ1v) is 5.94. The number of nitrogens with two attached hydrogens (primary N) is 1. The predicted octanol–water partition coefficient (Wildman–Crippen LogP) is 1.98. The minimum Gasteiger partial charge on any atom is -0.383 e. The van der Waals surface area contributed by atoms with Crippen molar-refractivity contribution >= 4 is 5.82 Å². The zero-order valence-corrected chi connectivity index (χ0v) is 10.9. The number of hydrogen-bond donors (Lipinski definition) is 2. The van der Waals surface area contributed by atoms with Gasteiger partial charge in [-0.15, -0.1) is 0 Å². The van der Waals surface area contributed by atoms with Gasteiger partial charge < -0.3 is 11.1 Å². The number of aryl methyl sites for hydroxylation is 2. The molecule has 0 aliphatic heterocycles. The summed E-state index contributed by atoms with van der Waals surface area (Å²) in [5, 5.41) is 3.25. The lowest BCUT2D eigenvalue weighted by Crippen LogP contribution is -2.21. The molecule has 3 N–H and O–H groups in total. The van der Waals surface area contributed by atoms with Crippen molar-refractivity contribution < 1.29 is 0 Å². The lowest BCUT2D eigenvalue weighted by Gasteiger charge is -2.18. The maximum absolute atomic E-state index is 5.93. The number of nitrogens with one attached hydrogen (secondary N) is 1. The second kappa shape index (κ2) is 5.14. The molecule has 2 aromatic rings. The summed E-state index contributed by atoms with van der Waals surface area (Å²) in [5.41, 5.74) is 10.1. The van der Waals surface area contributed by atoms with Gasteiger partial charge in [0.15, 0.2) is 0 Å². The molecule has 0 fully saturated rings. The third kappa shape index (κ3) is 2.49. The molecule has 0 amide bonds. The van der Waals surface area contributed by atoms with Crippen molar-refractivity contribution in [1.29, 1.82) is 0 Å². The number of rotatable bonds is 3. The van der Waals surface area contributed by atoms with Gasteiger partial charge in [0.2, 0.25) is 0 Å². The molecule has 0 spiro atoms.